The number of aromatic nitrogens is 1. The van der Waals surface area contributed by atoms with Gasteiger partial charge in [-0.25, -0.2) is 4.79 Å². The number of carboxylic acid groups (broad SMARTS) is 1. The summed E-state index contributed by atoms with van der Waals surface area (Å²) in [7, 11) is 0. The first-order chi connectivity index (χ1) is 10.1. The zero-order valence-electron chi connectivity index (χ0n) is 11.9. The Morgan fingerprint density at radius 2 is 1.81 bits per heavy atom. The van der Waals surface area contributed by atoms with Crippen LogP contribution in [0.2, 0.25) is 0 Å². The molecule has 1 fully saturated rings. The van der Waals surface area contributed by atoms with Gasteiger partial charge < -0.3 is 10.4 Å². The number of thioether (sulfide) groups is 1. The Kier molecular flexibility index (Phi) is 5.61. The maximum atomic E-state index is 12.1. The minimum Gasteiger partial charge on any atom is -0.480 e. The fourth-order valence-corrected chi connectivity index (χ4v) is 3.29. The van der Waals surface area contributed by atoms with E-state index in [9.17, 15) is 14.7 Å². The molecule has 5 nitrogen and oxygen atoms in total. The summed E-state index contributed by atoms with van der Waals surface area (Å²) in [5.74, 6) is -0.910. The molecular weight excluding hydrogens is 288 g/mol. The number of carbonyl (C=O) groups excluding carboxylic acids is 1. The van der Waals surface area contributed by atoms with E-state index in [0.717, 1.165) is 30.6 Å². The SMILES string of the molecule is O=C(CSc1ccncc1)NC1(C(=O)O)CCCCCC1. The van der Waals surface area contributed by atoms with E-state index < -0.39 is 11.5 Å². The normalized spacial score (nSPS) is 17.7. The lowest BCUT2D eigenvalue weighted by atomic mass is 9.90. The molecule has 1 aromatic rings. The van der Waals surface area contributed by atoms with Gasteiger partial charge in [-0.2, -0.15) is 0 Å². The van der Waals surface area contributed by atoms with E-state index >= 15 is 0 Å². The molecule has 0 aliphatic heterocycles. The van der Waals surface area contributed by atoms with Crippen LogP contribution in [0.4, 0.5) is 0 Å². The molecule has 1 saturated carbocycles. The van der Waals surface area contributed by atoms with Crippen LogP contribution in [0.25, 0.3) is 0 Å². The molecule has 1 aliphatic carbocycles. The van der Waals surface area contributed by atoms with Gasteiger partial charge in [0.1, 0.15) is 5.54 Å². The van der Waals surface area contributed by atoms with Gasteiger partial charge in [-0.3, -0.25) is 9.78 Å². The fourth-order valence-electron chi connectivity index (χ4n) is 2.61. The topological polar surface area (TPSA) is 79.3 Å². The Morgan fingerprint density at radius 1 is 1.19 bits per heavy atom. The van der Waals surface area contributed by atoms with Crippen molar-refractivity contribution in [3.05, 3.63) is 24.5 Å². The van der Waals surface area contributed by atoms with E-state index in [1.807, 2.05) is 12.1 Å². The van der Waals surface area contributed by atoms with Gasteiger partial charge in [-0.05, 0) is 25.0 Å². The van der Waals surface area contributed by atoms with Gasteiger partial charge in [-0.15, -0.1) is 11.8 Å². The molecular formula is C15H20N2O3S. The van der Waals surface area contributed by atoms with E-state index in [2.05, 4.69) is 10.3 Å². The van der Waals surface area contributed by atoms with Gasteiger partial charge in [0.2, 0.25) is 5.91 Å². The Morgan fingerprint density at radius 3 is 2.38 bits per heavy atom. The van der Waals surface area contributed by atoms with Gasteiger partial charge in [0.05, 0.1) is 5.75 Å². The maximum Gasteiger partial charge on any atom is 0.329 e. The van der Waals surface area contributed by atoms with E-state index in [-0.39, 0.29) is 11.7 Å². The standard InChI is InChI=1S/C15H20N2O3S/c18-13(11-21-12-5-9-16-10-6-12)17-15(14(19)20)7-3-1-2-4-8-15/h5-6,9-10H,1-4,7-8,11H2,(H,17,18)(H,19,20). The summed E-state index contributed by atoms with van der Waals surface area (Å²) in [6.07, 6.45) is 8.16. The largest absolute Gasteiger partial charge is 0.480 e. The van der Waals surface area contributed by atoms with Gasteiger partial charge >= 0.3 is 5.97 Å². The molecule has 0 aromatic carbocycles. The summed E-state index contributed by atoms with van der Waals surface area (Å²) in [6, 6.07) is 3.66. The van der Waals surface area contributed by atoms with E-state index in [0.29, 0.717) is 12.8 Å². The van der Waals surface area contributed by atoms with Crippen molar-refractivity contribution in [2.75, 3.05) is 5.75 Å². The van der Waals surface area contributed by atoms with E-state index in [4.69, 9.17) is 0 Å². The fraction of sp³-hybridized carbons (Fsp3) is 0.533. The molecule has 0 atom stereocenters. The van der Waals surface area contributed by atoms with Crippen LogP contribution in [0.3, 0.4) is 0 Å². The number of hydrogen-bond acceptors (Lipinski definition) is 4. The summed E-state index contributed by atoms with van der Waals surface area (Å²) in [6.45, 7) is 0. The predicted octanol–water partition coefficient (Wildman–Crippen LogP) is 2.47. The first kappa shape index (κ1) is 15.8. The van der Waals surface area contributed by atoms with Crippen molar-refractivity contribution in [3.8, 4) is 0 Å². The van der Waals surface area contributed by atoms with Crippen molar-refractivity contribution < 1.29 is 14.7 Å². The molecule has 1 aromatic heterocycles. The number of pyridine rings is 1. The van der Waals surface area contributed by atoms with Gasteiger partial charge in [0, 0.05) is 17.3 Å². The van der Waals surface area contributed by atoms with E-state index in [1.54, 1.807) is 12.4 Å². The highest BCUT2D eigenvalue weighted by atomic mass is 32.2. The third-order valence-electron chi connectivity index (χ3n) is 3.76. The number of hydrogen-bond donors (Lipinski definition) is 2. The molecule has 0 saturated heterocycles. The van der Waals surface area contributed by atoms with Crippen molar-refractivity contribution >= 4 is 23.6 Å². The molecule has 1 heterocycles. The van der Waals surface area contributed by atoms with Gasteiger partial charge in [-0.1, -0.05) is 25.7 Å². The zero-order valence-corrected chi connectivity index (χ0v) is 12.7. The highest BCUT2D eigenvalue weighted by Gasteiger charge is 2.39. The van der Waals surface area contributed by atoms with Crippen LogP contribution in [-0.4, -0.2) is 33.3 Å². The third-order valence-corrected chi connectivity index (χ3v) is 4.78. The summed E-state index contributed by atoms with van der Waals surface area (Å²) in [5.41, 5.74) is -1.08. The molecule has 2 rings (SSSR count). The summed E-state index contributed by atoms with van der Waals surface area (Å²) >= 11 is 1.39. The Bertz CT molecular complexity index is 485. The molecule has 21 heavy (non-hydrogen) atoms. The van der Waals surface area contributed by atoms with Gasteiger partial charge in [0.15, 0.2) is 0 Å². The van der Waals surface area contributed by atoms with Crippen molar-refractivity contribution in [1.82, 2.24) is 10.3 Å². The van der Waals surface area contributed by atoms with Crippen LogP contribution in [-0.2, 0) is 9.59 Å². The molecule has 1 aliphatic rings. The molecule has 6 heteroatoms. The lowest BCUT2D eigenvalue weighted by Crippen LogP contribution is -2.54. The van der Waals surface area contributed by atoms with Gasteiger partial charge in [0.25, 0.3) is 0 Å². The average molecular weight is 308 g/mol. The maximum absolute atomic E-state index is 12.1. The van der Waals surface area contributed by atoms with Crippen LogP contribution in [0, 0.1) is 0 Å². The zero-order chi connectivity index (χ0) is 15.1. The Labute approximate surface area is 128 Å². The summed E-state index contributed by atoms with van der Waals surface area (Å²) in [5, 5.41) is 12.3. The van der Waals surface area contributed by atoms with Crippen molar-refractivity contribution in [1.29, 1.82) is 0 Å². The number of nitrogens with one attached hydrogen (secondary N) is 1. The smallest absolute Gasteiger partial charge is 0.329 e. The molecule has 0 bridgehead atoms. The molecule has 0 unspecified atom stereocenters. The highest BCUT2D eigenvalue weighted by Crippen LogP contribution is 2.28. The number of carbonyl (C=O) groups is 2. The number of carboxylic acids is 1. The molecule has 114 valence electrons. The number of amides is 1. The second kappa shape index (κ2) is 7.45. The predicted molar refractivity (Wildman–Crippen MR) is 81.2 cm³/mol. The monoisotopic (exact) mass is 308 g/mol. The number of rotatable bonds is 5. The number of nitrogens with zero attached hydrogens (tertiary/aromatic N) is 1. The lowest BCUT2D eigenvalue weighted by Gasteiger charge is -2.29. The minimum atomic E-state index is -1.08. The second-order valence-electron chi connectivity index (χ2n) is 5.32. The Balaban J connectivity index is 1.93. The molecule has 0 spiro atoms. The summed E-state index contributed by atoms with van der Waals surface area (Å²) < 4.78 is 0. The second-order valence-corrected chi connectivity index (χ2v) is 6.37. The Hall–Kier alpha value is -1.56. The summed E-state index contributed by atoms with van der Waals surface area (Å²) in [4.78, 5) is 28.6. The van der Waals surface area contributed by atoms with Crippen molar-refractivity contribution in [2.45, 2.75) is 49.0 Å². The first-order valence-electron chi connectivity index (χ1n) is 7.20. The highest BCUT2D eigenvalue weighted by molar-refractivity contribution is 8.00. The van der Waals surface area contributed by atoms with Crippen LogP contribution < -0.4 is 5.32 Å². The number of aliphatic carboxylic acids is 1. The first-order valence-corrected chi connectivity index (χ1v) is 8.18. The van der Waals surface area contributed by atoms with Crippen molar-refractivity contribution in [3.63, 3.8) is 0 Å². The average Bonchev–Trinajstić information content (AvgIpc) is 2.73. The lowest BCUT2D eigenvalue weighted by molar-refractivity contribution is -0.148. The van der Waals surface area contributed by atoms with Crippen LogP contribution in [0.1, 0.15) is 38.5 Å². The van der Waals surface area contributed by atoms with Crippen LogP contribution in [0.15, 0.2) is 29.4 Å². The molecule has 1 amide bonds. The van der Waals surface area contributed by atoms with E-state index in [1.165, 1.54) is 11.8 Å². The quantitative estimate of drug-likeness (QED) is 0.645. The minimum absolute atomic E-state index is 0.221. The van der Waals surface area contributed by atoms with Crippen molar-refractivity contribution in [2.24, 2.45) is 0 Å². The molecule has 2 N–H and O–H groups in total. The van der Waals surface area contributed by atoms with Crippen LogP contribution >= 0.6 is 11.8 Å². The molecule has 0 radical (unpaired) electrons. The third kappa shape index (κ3) is 4.46. The van der Waals surface area contributed by atoms with Crippen LogP contribution in [0.5, 0.6) is 0 Å².